The minimum Gasteiger partial charge on any atom is -0.462 e. The van der Waals surface area contributed by atoms with E-state index in [4.69, 9.17) is 37.0 Å². The maximum Gasteiger partial charge on any atom is 0.472 e. The summed E-state index contributed by atoms with van der Waals surface area (Å²) in [6.07, 6.45) is 76.8. The molecule has 108 heavy (non-hydrogen) atoms. The number of aliphatic hydroxyl groups excluding tert-OH is 1. The number of hydrogen-bond donors (Lipinski definition) is 3. The third kappa shape index (κ3) is 82.1. The van der Waals surface area contributed by atoms with Gasteiger partial charge in [0.1, 0.15) is 19.3 Å². The van der Waals surface area contributed by atoms with Gasteiger partial charge in [0, 0.05) is 25.7 Å². The van der Waals surface area contributed by atoms with Crippen LogP contribution in [0.3, 0.4) is 0 Å². The van der Waals surface area contributed by atoms with Crippen LogP contribution in [0.25, 0.3) is 0 Å². The fraction of sp³-hybridized carbons (Fsp3) is 0.955. The minimum atomic E-state index is -4.97. The molecule has 17 nitrogen and oxygen atoms in total. The lowest BCUT2D eigenvalue weighted by molar-refractivity contribution is -0.161. The van der Waals surface area contributed by atoms with Crippen molar-refractivity contribution in [2.24, 2.45) is 5.92 Å². The van der Waals surface area contributed by atoms with Crippen LogP contribution in [-0.2, 0) is 65.4 Å². The molecule has 0 aliphatic heterocycles. The topological polar surface area (TPSA) is 237 Å². The molecule has 5 atom stereocenters. The molecule has 0 aromatic carbocycles. The number of rotatable bonds is 89. The Morgan fingerprint density at radius 2 is 0.426 bits per heavy atom. The fourth-order valence-corrected chi connectivity index (χ4v) is 15.6. The quantitative estimate of drug-likeness (QED) is 0.0222. The highest BCUT2D eigenvalue weighted by Gasteiger charge is 2.30. The molecule has 0 saturated heterocycles. The highest BCUT2D eigenvalue weighted by atomic mass is 31.2. The average molecular weight is 1580 g/mol. The van der Waals surface area contributed by atoms with E-state index in [-0.39, 0.29) is 25.7 Å². The van der Waals surface area contributed by atoms with Crippen molar-refractivity contribution in [3.05, 3.63) is 0 Å². The Kier molecular flexibility index (Phi) is 80.2. The normalized spacial score (nSPS) is 13.7. The maximum absolute atomic E-state index is 13.2. The molecule has 0 saturated carbocycles. The molecule has 0 aromatic heterocycles. The predicted octanol–water partition coefficient (Wildman–Crippen LogP) is 27.5. The van der Waals surface area contributed by atoms with E-state index in [1.165, 1.54) is 295 Å². The van der Waals surface area contributed by atoms with Crippen molar-refractivity contribution in [1.29, 1.82) is 0 Å². The summed E-state index contributed by atoms with van der Waals surface area (Å²) in [6.45, 7) is 7.37. The number of hydrogen-bond acceptors (Lipinski definition) is 15. The fourth-order valence-electron chi connectivity index (χ4n) is 14.0. The minimum absolute atomic E-state index is 0.109. The average Bonchev–Trinajstić information content (AvgIpc) is 0.905. The number of carbonyl (C=O) groups excluding carboxylic acids is 4. The SMILES string of the molecule is CCCCCCCCCCCCCCCCCCCCCCCCC(=O)O[C@H](COC(=O)CCCCCCCCCCCCCCCCCCCCC(C)C)COP(=O)(O)OC[C@@H](O)COP(=O)(O)OC[C@@H](COC(=O)CCCCCCCCC)OC(=O)CCCCCCCCCCCCCCCCCCCC. The monoisotopic (exact) mass is 1580 g/mol. The van der Waals surface area contributed by atoms with Crippen molar-refractivity contribution in [1.82, 2.24) is 0 Å². The molecule has 0 fully saturated rings. The molecular formula is C89H174O17P2. The van der Waals surface area contributed by atoms with Gasteiger partial charge in [-0.1, -0.05) is 433 Å². The molecule has 642 valence electrons. The number of unbranched alkanes of at least 4 members (excludes halogenated alkanes) is 61. The summed E-state index contributed by atoms with van der Waals surface area (Å²) < 4.78 is 68.9. The maximum atomic E-state index is 13.2. The molecule has 0 spiro atoms. The van der Waals surface area contributed by atoms with E-state index < -0.39 is 97.5 Å². The first-order chi connectivity index (χ1) is 52.5. The van der Waals surface area contributed by atoms with Crippen LogP contribution in [0, 0.1) is 5.92 Å². The standard InChI is InChI=1S/C89H174O17P2/c1-6-9-12-15-18-20-22-24-26-28-30-31-32-33-39-43-47-51-55-60-65-70-75-89(94)106-85(79-100-87(92)73-68-63-58-53-49-45-41-38-35-34-36-40-44-48-52-57-61-66-71-82(4)5)81-104-108(97,98)102-77-83(90)76-101-107(95,96)103-80-84(78-99-86(91)72-67-62-56-17-14-11-8-3)105-88(93)74-69-64-59-54-50-46-42-37-29-27-25-23-21-19-16-13-10-7-2/h82-85,90H,6-81H2,1-5H3,(H,95,96)(H,97,98)/t83-,84+,85+/m0/s1. The molecule has 0 rings (SSSR count). The molecule has 3 N–H and O–H groups in total. The van der Waals surface area contributed by atoms with E-state index in [2.05, 4.69) is 34.6 Å². The summed E-state index contributed by atoms with van der Waals surface area (Å²) in [6, 6.07) is 0. The molecule has 0 amide bonds. The van der Waals surface area contributed by atoms with Crippen LogP contribution >= 0.6 is 15.6 Å². The molecule has 2 unspecified atom stereocenters. The Morgan fingerprint density at radius 3 is 0.630 bits per heavy atom. The van der Waals surface area contributed by atoms with Crippen molar-refractivity contribution in [2.45, 2.75) is 502 Å². The zero-order valence-corrected chi connectivity index (χ0v) is 72.8. The van der Waals surface area contributed by atoms with E-state index in [1.807, 2.05) is 0 Å². The van der Waals surface area contributed by atoms with Gasteiger partial charge in [0.05, 0.1) is 26.4 Å². The van der Waals surface area contributed by atoms with Crippen molar-refractivity contribution in [3.8, 4) is 0 Å². The molecule has 0 bridgehead atoms. The van der Waals surface area contributed by atoms with Gasteiger partial charge in [0.25, 0.3) is 0 Å². The smallest absolute Gasteiger partial charge is 0.462 e. The van der Waals surface area contributed by atoms with E-state index >= 15 is 0 Å². The Bertz CT molecular complexity index is 2050. The molecule has 0 heterocycles. The van der Waals surface area contributed by atoms with E-state index in [0.717, 1.165) is 109 Å². The predicted molar refractivity (Wildman–Crippen MR) is 446 cm³/mol. The van der Waals surface area contributed by atoms with Crippen LogP contribution in [0.1, 0.15) is 484 Å². The van der Waals surface area contributed by atoms with Gasteiger partial charge < -0.3 is 33.8 Å². The van der Waals surface area contributed by atoms with Gasteiger partial charge in [-0.3, -0.25) is 37.3 Å². The van der Waals surface area contributed by atoms with Gasteiger partial charge in [0.15, 0.2) is 12.2 Å². The van der Waals surface area contributed by atoms with Crippen molar-refractivity contribution in [2.75, 3.05) is 39.6 Å². The van der Waals surface area contributed by atoms with Crippen LogP contribution in [0.2, 0.25) is 0 Å². The van der Waals surface area contributed by atoms with E-state index in [1.54, 1.807) is 0 Å². The van der Waals surface area contributed by atoms with E-state index in [9.17, 15) is 43.2 Å². The van der Waals surface area contributed by atoms with Crippen molar-refractivity contribution in [3.63, 3.8) is 0 Å². The van der Waals surface area contributed by atoms with Gasteiger partial charge in [-0.2, -0.15) is 0 Å². The second-order valence-electron chi connectivity index (χ2n) is 32.5. The summed E-state index contributed by atoms with van der Waals surface area (Å²) in [4.78, 5) is 73.1. The number of carbonyl (C=O) groups is 4. The van der Waals surface area contributed by atoms with Crippen molar-refractivity contribution < 1.29 is 80.2 Å². The largest absolute Gasteiger partial charge is 0.472 e. The van der Waals surface area contributed by atoms with E-state index in [0.29, 0.717) is 25.7 Å². The van der Waals surface area contributed by atoms with Gasteiger partial charge in [-0.05, 0) is 31.6 Å². The lowest BCUT2D eigenvalue weighted by Crippen LogP contribution is -2.30. The van der Waals surface area contributed by atoms with Crippen LogP contribution in [0.4, 0.5) is 0 Å². The Hall–Kier alpha value is -1.94. The van der Waals surface area contributed by atoms with Gasteiger partial charge >= 0.3 is 39.5 Å². The van der Waals surface area contributed by atoms with Crippen LogP contribution in [0.15, 0.2) is 0 Å². The number of phosphoric acid groups is 2. The second kappa shape index (κ2) is 81.6. The highest BCUT2D eigenvalue weighted by Crippen LogP contribution is 2.45. The molecule has 0 aliphatic rings. The van der Waals surface area contributed by atoms with Crippen LogP contribution < -0.4 is 0 Å². The Balaban J connectivity index is 5.14. The molecule has 19 heteroatoms. The lowest BCUT2D eigenvalue weighted by Gasteiger charge is -2.21. The third-order valence-electron chi connectivity index (χ3n) is 21.0. The van der Waals surface area contributed by atoms with Crippen LogP contribution in [0.5, 0.6) is 0 Å². The Morgan fingerprint density at radius 1 is 0.250 bits per heavy atom. The number of phosphoric ester groups is 2. The van der Waals surface area contributed by atoms with Gasteiger partial charge in [-0.25, -0.2) is 9.13 Å². The lowest BCUT2D eigenvalue weighted by atomic mass is 10.0. The molecular weight excluding hydrogens is 1400 g/mol. The van der Waals surface area contributed by atoms with Gasteiger partial charge in [-0.15, -0.1) is 0 Å². The number of esters is 4. The summed E-state index contributed by atoms with van der Waals surface area (Å²) in [7, 11) is -9.92. The first-order valence-corrected chi connectivity index (χ1v) is 49.1. The third-order valence-corrected chi connectivity index (χ3v) is 22.9. The zero-order valence-electron chi connectivity index (χ0n) is 71.0. The summed E-state index contributed by atoms with van der Waals surface area (Å²) in [5.41, 5.74) is 0. The first kappa shape index (κ1) is 106. The summed E-state index contributed by atoms with van der Waals surface area (Å²) >= 11 is 0. The molecule has 0 aromatic rings. The first-order valence-electron chi connectivity index (χ1n) is 46.1. The van der Waals surface area contributed by atoms with Gasteiger partial charge in [0.2, 0.25) is 0 Å². The number of ether oxygens (including phenoxy) is 4. The Labute approximate surface area is 664 Å². The van der Waals surface area contributed by atoms with Crippen molar-refractivity contribution >= 4 is 39.5 Å². The highest BCUT2D eigenvalue weighted by molar-refractivity contribution is 7.47. The second-order valence-corrected chi connectivity index (χ2v) is 35.4. The molecule has 0 aliphatic carbocycles. The summed E-state index contributed by atoms with van der Waals surface area (Å²) in [5, 5.41) is 10.7. The zero-order chi connectivity index (χ0) is 79.0. The van der Waals surface area contributed by atoms with Crippen LogP contribution in [-0.4, -0.2) is 96.7 Å². The molecule has 0 radical (unpaired) electrons. The number of aliphatic hydroxyl groups is 1. The summed E-state index contributed by atoms with van der Waals surface area (Å²) in [5.74, 6) is -1.28.